The van der Waals surface area contributed by atoms with Crippen molar-refractivity contribution in [3.8, 4) is 0 Å². The molecule has 2 aromatic rings. The molecule has 0 unspecified atom stereocenters. The SMILES string of the molecule is Cc1ccnn(Cc2ccc(CC(=O)O)cc2)c1=O. The molecule has 0 amide bonds. The summed E-state index contributed by atoms with van der Waals surface area (Å²) in [5.74, 6) is -0.857. The first kappa shape index (κ1) is 13.0. The van der Waals surface area contributed by atoms with Crippen LogP contribution in [-0.2, 0) is 17.8 Å². The van der Waals surface area contributed by atoms with Gasteiger partial charge in [0.05, 0.1) is 13.0 Å². The molecule has 0 aliphatic heterocycles. The van der Waals surface area contributed by atoms with Crippen molar-refractivity contribution < 1.29 is 9.90 Å². The minimum atomic E-state index is -0.857. The average molecular weight is 258 g/mol. The normalized spacial score (nSPS) is 10.4. The number of aromatic nitrogens is 2. The van der Waals surface area contributed by atoms with Crippen LogP contribution in [0.3, 0.4) is 0 Å². The van der Waals surface area contributed by atoms with Crippen molar-refractivity contribution in [1.82, 2.24) is 9.78 Å². The van der Waals surface area contributed by atoms with Crippen LogP contribution in [0.4, 0.5) is 0 Å². The average Bonchev–Trinajstić information content (AvgIpc) is 2.37. The maximum atomic E-state index is 11.8. The predicted molar refractivity (Wildman–Crippen MR) is 70.1 cm³/mol. The minimum Gasteiger partial charge on any atom is -0.481 e. The fourth-order valence-electron chi connectivity index (χ4n) is 1.78. The Labute approximate surface area is 110 Å². The number of aryl methyl sites for hydroxylation is 1. The second-order valence-corrected chi connectivity index (χ2v) is 4.36. The highest BCUT2D eigenvalue weighted by Crippen LogP contribution is 2.06. The van der Waals surface area contributed by atoms with Gasteiger partial charge in [0, 0.05) is 11.8 Å². The highest BCUT2D eigenvalue weighted by atomic mass is 16.4. The lowest BCUT2D eigenvalue weighted by Gasteiger charge is -2.06. The summed E-state index contributed by atoms with van der Waals surface area (Å²) in [6, 6.07) is 8.81. The molecule has 0 aliphatic rings. The Balaban J connectivity index is 2.18. The fraction of sp³-hybridized carbons (Fsp3) is 0.214. The van der Waals surface area contributed by atoms with Crippen LogP contribution in [0.15, 0.2) is 41.3 Å². The van der Waals surface area contributed by atoms with Gasteiger partial charge in [-0.05, 0) is 24.1 Å². The molecule has 98 valence electrons. The number of benzene rings is 1. The number of nitrogens with zero attached hydrogens (tertiary/aromatic N) is 2. The van der Waals surface area contributed by atoms with Gasteiger partial charge in [-0.1, -0.05) is 24.3 Å². The van der Waals surface area contributed by atoms with Crippen LogP contribution in [0, 0.1) is 6.92 Å². The standard InChI is InChI=1S/C14H14N2O3/c1-10-6-7-15-16(14(10)19)9-12-4-2-11(3-5-12)8-13(17)18/h2-7H,8-9H2,1H3,(H,17,18). The summed E-state index contributed by atoms with van der Waals surface area (Å²) in [5, 5.41) is 12.7. The maximum Gasteiger partial charge on any atom is 0.307 e. The number of rotatable bonds is 4. The Morgan fingerprint density at radius 1 is 1.21 bits per heavy atom. The van der Waals surface area contributed by atoms with Crippen molar-refractivity contribution in [1.29, 1.82) is 0 Å². The minimum absolute atomic E-state index is 0.00290. The molecular formula is C14H14N2O3. The van der Waals surface area contributed by atoms with Gasteiger partial charge in [-0.3, -0.25) is 9.59 Å². The first-order valence-corrected chi connectivity index (χ1v) is 5.88. The van der Waals surface area contributed by atoms with Crippen LogP contribution in [0.2, 0.25) is 0 Å². The summed E-state index contributed by atoms with van der Waals surface area (Å²) in [5.41, 5.74) is 2.18. The molecule has 1 aromatic heterocycles. The summed E-state index contributed by atoms with van der Waals surface area (Å²) in [6.07, 6.45) is 1.60. The van der Waals surface area contributed by atoms with Gasteiger partial charge < -0.3 is 5.11 Å². The van der Waals surface area contributed by atoms with E-state index in [-0.39, 0.29) is 12.0 Å². The Morgan fingerprint density at radius 2 is 1.84 bits per heavy atom. The van der Waals surface area contributed by atoms with Crippen molar-refractivity contribution in [2.45, 2.75) is 19.9 Å². The van der Waals surface area contributed by atoms with E-state index in [2.05, 4.69) is 5.10 Å². The molecule has 0 saturated heterocycles. The van der Waals surface area contributed by atoms with E-state index in [1.807, 2.05) is 12.1 Å². The molecule has 1 aromatic carbocycles. The van der Waals surface area contributed by atoms with E-state index < -0.39 is 5.97 Å². The molecule has 5 nitrogen and oxygen atoms in total. The molecule has 0 bridgehead atoms. The third-order valence-corrected chi connectivity index (χ3v) is 2.81. The van der Waals surface area contributed by atoms with Crippen LogP contribution in [0.5, 0.6) is 0 Å². The van der Waals surface area contributed by atoms with Crippen LogP contribution < -0.4 is 5.56 Å². The number of carbonyl (C=O) groups is 1. The lowest BCUT2D eigenvalue weighted by atomic mass is 10.1. The zero-order valence-electron chi connectivity index (χ0n) is 10.5. The molecule has 0 radical (unpaired) electrons. The molecule has 0 spiro atoms. The lowest BCUT2D eigenvalue weighted by molar-refractivity contribution is -0.136. The molecule has 1 heterocycles. The Bertz CT molecular complexity index is 644. The Hall–Kier alpha value is -2.43. The van der Waals surface area contributed by atoms with Crippen molar-refractivity contribution in [2.75, 3.05) is 0 Å². The van der Waals surface area contributed by atoms with Gasteiger partial charge in [-0.15, -0.1) is 0 Å². The first-order chi connectivity index (χ1) is 9.06. The Kier molecular flexibility index (Phi) is 3.75. The Morgan fingerprint density at radius 3 is 2.47 bits per heavy atom. The van der Waals surface area contributed by atoms with Gasteiger partial charge in [0.25, 0.3) is 5.56 Å². The summed E-state index contributed by atoms with van der Waals surface area (Å²) >= 11 is 0. The van der Waals surface area contributed by atoms with E-state index in [1.165, 1.54) is 4.68 Å². The second-order valence-electron chi connectivity index (χ2n) is 4.36. The van der Waals surface area contributed by atoms with Crippen molar-refractivity contribution in [3.63, 3.8) is 0 Å². The van der Waals surface area contributed by atoms with Crippen molar-refractivity contribution >= 4 is 5.97 Å². The molecule has 0 atom stereocenters. The summed E-state index contributed by atoms with van der Waals surface area (Å²) in [4.78, 5) is 22.4. The number of hydrogen-bond acceptors (Lipinski definition) is 3. The van der Waals surface area contributed by atoms with E-state index in [4.69, 9.17) is 5.11 Å². The van der Waals surface area contributed by atoms with E-state index in [1.54, 1.807) is 31.3 Å². The van der Waals surface area contributed by atoms with Gasteiger partial charge in [0.1, 0.15) is 0 Å². The number of aliphatic carboxylic acids is 1. The largest absolute Gasteiger partial charge is 0.481 e. The van der Waals surface area contributed by atoms with E-state index in [0.29, 0.717) is 12.1 Å². The third-order valence-electron chi connectivity index (χ3n) is 2.81. The van der Waals surface area contributed by atoms with E-state index >= 15 is 0 Å². The van der Waals surface area contributed by atoms with Gasteiger partial charge in [0.2, 0.25) is 0 Å². The van der Waals surface area contributed by atoms with Crippen LogP contribution in [-0.4, -0.2) is 20.9 Å². The maximum absolute atomic E-state index is 11.8. The molecule has 0 aliphatic carbocycles. The highest BCUT2D eigenvalue weighted by molar-refractivity contribution is 5.70. The first-order valence-electron chi connectivity index (χ1n) is 5.88. The van der Waals surface area contributed by atoms with Gasteiger partial charge >= 0.3 is 5.97 Å². The fourth-order valence-corrected chi connectivity index (χ4v) is 1.78. The van der Waals surface area contributed by atoms with Crippen LogP contribution in [0.1, 0.15) is 16.7 Å². The highest BCUT2D eigenvalue weighted by Gasteiger charge is 2.03. The van der Waals surface area contributed by atoms with Crippen LogP contribution >= 0.6 is 0 Å². The van der Waals surface area contributed by atoms with Crippen molar-refractivity contribution in [2.24, 2.45) is 0 Å². The topological polar surface area (TPSA) is 72.2 Å². The number of carboxylic acids is 1. The zero-order valence-corrected chi connectivity index (χ0v) is 10.5. The number of carboxylic acid groups (broad SMARTS) is 1. The van der Waals surface area contributed by atoms with Gasteiger partial charge in [-0.2, -0.15) is 5.10 Å². The van der Waals surface area contributed by atoms with Gasteiger partial charge in [-0.25, -0.2) is 4.68 Å². The van der Waals surface area contributed by atoms with Gasteiger partial charge in [0.15, 0.2) is 0 Å². The van der Waals surface area contributed by atoms with Crippen molar-refractivity contribution in [3.05, 3.63) is 63.6 Å². The molecular weight excluding hydrogens is 244 g/mol. The van der Waals surface area contributed by atoms with Crippen LogP contribution in [0.25, 0.3) is 0 Å². The smallest absolute Gasteiger partial charge is 0.307 e. The summed E-state index contributed by atoms with van der Waals surface area (Å²) in [7, 11) is 0. The second kappa shape index (κ2) is 5.48. The quantitative estimate of drug-likeness (QED) is 0.895. The molecule has 2 rings (SSSR count). The summed E-state index contributed by atoms with van der Waals surface area (Å²) in [6.45, 7) is 2.13. The predicted octanol–water partition coefficient (Wildman–Crippen LogP) is 1.23. The monoisotopic (exact) mass is 258 g/mol. The molecule has 5 heteroatoms. The van der Waals surface area contributed by atoms with E-state index in [0.717, 1.165) is 11.1 Å². The molecule has 0 fully saturated rings. The number of hydrogen-bond donors (Lipinski definition) is 1. The molecule has 1 N–H and O–H groups in total. The lowest BCUT2D eigenvalue weighted by Crippen LogP contribution is -2.24. The molecule has 19 heavy (non-hydrogen) atoms. The third kappa shape index (κ3) is 3.28. The zero-order chi connectivity index (χ0) is 13.8. The van der Waals surface area contributed by atoms with E-state index in [9.17, 15) is 9.59 Å². The molecule has 0 saturated carbocycles. The summed E-state index contributed by atoms with van der Waals surface area (Å²) < 4.78 is 1.39.